The Morgan fingerprint density at radius 1 is 1.16 bits per heavy atom. The molecular weight excluding hydrogens is 320 g/mol. The van der Waals surface area contributed by atoms with Gasteiger partial charge in [0.2, 0.25) is 11.8 Å². The van der Waals surface area contributed by atoms with Crippen LogP contribution in [0.15, 0.2) is 24.3 Å². The second-order valence-corrected chi connectivity index (χ2v) is 6.79. The fraction of sp³-hybridized carbons (Fsp3) is 0.579. The summed E-state index contributed by atoms with van der Waals surface area (Å²) in [6.45, 7) is 2.06. The number of rotatable bonds is 7. The Morgan fingerprint density at radius 3 is 2.48 bits per heavy atom. The van der Waals surface area contributed by atoms with Gasteiger partial charge in [-0.3, -0.25) is 9.59 Å². The van der Waals surface area contributed by atoms with Crippen LogP contribution in [-0.4, -0.2) is 57.2 Å². The number of carbonyl (C=O) groups is 2. The number of carbonyl (C=O) groups excluding carboxylic acids is 2. The molecule has 6 heteroatoms. The molecule has 0 spiro atoms. The maximum atomic E-state index is 12.7. The van der Waals surface area contributed by atoms with E-state index in [1.54, 1.807) is 14.2 Å². The van der Waals surface area contributed by atoms with E-state index in [4.69, 9.17) is 9.47 Å². The molecule has 0 aromatic heterocycles. The van der Waals surface area contributed by atoms with E-state index in [2.05, 4.69) is 5.32 Å². The number of nitrogens with zero attached hydrogens (tertiary/aromatic N) is 1. The van der Waals surface area contributed by atoms with Gasteiger partial charge >= 0.3 is 0 Å². The molecule has 136 valence electrons. The Balaban J connectivity index is 1.74. The summed E-state index contributed by atoms with van der Waals surface area (Å²) >= 11 is 0. The van der Waals surface area contributed by atoms with Gasteiger partial charge < -0.3 is 19.7 Å². The molecular formula is C19H26N2O4. The van der Waals surface area contributed by atoms with Gasteiger partial charge in [0.25, 0.3) is 0 Å². The third kappa shape index (κ3) is 4.12. The van der Waals surface area contributed by atoms with Gasteiger partial charge in [0.15, 0.2) is 0 Å². The molecule has 0 unspecified atom stereocenters. The third-order valence-electron chi connectivity index (χ3n) is 5.04. The normalized spacial score (nSPS) is 22.7. The van der Waals surface area contributed by atoms with Crippen molar-refractivity contribution in [2.24, 2.45) is 11.8 Å². The average molecular weight is 346 g/mol. The summed E-state index contributed by atoms with van der Waals surface area (Å²) in [5.74, 6) is 0.930. The van der Waals surface area contributed by atoms with E-state index in [0.717, 1.165) is 24.2 Å². The van der Waals surface area contributed by atoms with Crippen LogP contribution in [0, 0.1) is 11.8 Å². The van der Waals surface area contributed by atoms with Gasteiger partial charge in [-0.15, -0.1) is 0 Å². The van der Waals surface area contributed by atoms with Gasteiger partial charge in [-0.25, -0.2) is 0 Å². The number of methoxy groups -OCH3 is 2. The van der Waals surface area contributed by atoms with Gasteiger partial charge in [0, 0.05) is 38.6 Å². The Bertz CT molecular complexity index is 612. The molecule has 0 radical (unpaired) electrons. The van der Waals surface area contributed by atoms with Crippen LogP contribution in [0.5, 0.6) is 5.75 Å². The lowest BCUT2D eigenvalue weighted by molar-refractivity contribution is -0.132. The van der Waals surface area contributed by atoms with Crippen LogP contribution in [0.25, 0.3) is 0 Å². The highest BCUT2D eigenvalue weighted by atomic mass is 16.5. The van der Waals surface area contributed by atoms with Crippen LogP contribution in [-0.2, 0) is 14.3 Å². The lowest BCUT2D eigenvalue weighted by Crippen LogP contribution is -2.37. The largest absolute Gasteiger partial charge is 0.497 e. The molecule has 1 aliphatic carbocycles. The first-order chi connectivity index (χ1) is 12.1. The molecule has 1 aliphatic heterocycles. The van der Waals surface area contributed by atoms with Gasteiger partial charge in [0.1, 0.15) is 5.75 Å². The van der Waals surface area contributed by atoms with Crippen molar-refractivity contribution in [2.45, 2.75) is 18.8 Å². The van der Waals surface area contributed by atoms with Crippen molar-refractivity contribution in [3.05, 3.63) is 29.8 Å². The molecule has 0 bridgehead atoms. The van der Waals surface area contributed by atoms with Crippen LogP contribution in [0.2, 0.25) is 0 Å². The van der Waals surface area contributed by atoms with E-state index in [9.17, 15) is 9.59 Å². The predicted molar refractivity (Wildman–Crippen MR) is 93.4 cm³/mol. The molecule has 1 aromatic carbocycles. The summed E-state index contributed by atoms with van der Waals surface area (Å²) in [7, 11) is 3.24. The van der Waals surface area contributed by atoms with Gasteiger partial charge in [-0.2, -0.15) is 0 Å². The number of hydrogen-bond acceptors (Lipinski definition) is 4. The minimum atomic E-state index is -0.229. The van der Waals surface area contributed by atoms with E-state index in [1.165, 1.54) is 0 Å². The Kier molecular flexibility index (Phi) is 5.58. The third-order valence-corrected chi connectivity index (χ3v) is 5.04. The number of benzene rings is 1. The Morgan fingerprint density at radius 2 is 1.88 bits per heavy atom. The molecule has 2 fully saturated rings. The van der Waals surface area contributed by atoms with Crippen LogP contribution in [0.1, 0.15) is 24.3 Å². The monoisotopic (exact) mass is 346 g/mol. The lowest BCUT2D eigenvalue weighted by atomic mass is 9.88. The second-order valence-electron chi connectivity index (χ2n) is 6.79. The maximum absolute atomic E-state index is 12.7. The summed E-state index contributed by atoms with van der Waals surface area (Å²) in [5.41, 5.74) is 1.07. The molecule has 2 aliphatic rings. The fourth-order valence-corrected chi connectivity index (χ4v) is 3.43. The van der Waals surface area contributed by atoms with E-state index >= 15 is 0 Å². The van der Waals surface area contributed by atoms with Gasteiger partial charge in [0.05, 0.1) is 19.6 Å². The van der Waals surface area contributed by atoms with Crippen molar-refractivity contribution in [1.82, 2.24) is 10.2 Å². The number of hydrogen-bond donors (Lipinski definition) is 1. The van der Waals surface area contributed by atoms with Crippen molar-refractivity contribution >= 4 is 11.8 Å². The standard InChI is InChI=1S/C19H26N2O4/c1-24-10-9-20-18(22)17-12-21(19(23)14-3-4-14)11-16(17)13-5-7-15(25-2)8-6-13/h5-8,14,16-17H,3-4,9-12H2,1-2H3,(H,20,22)/t16-,17-/m1/s1. The number of ether oxygens (including phenoxy) is 2. The predicted octanol–water partition coefficient (Wildman–Crippen LogP) is 1.41. The highest BCUT2D eigenvalue weighted by Crippen LogP contribution is 2.38. The molecule has 2 amide bonds. The molecule has 2 atom stereocenters. The molecule has 6 nitrogen and oxygen atoms in total. The van der Waals surface area contributed by atoms with Gasteiger partial charge in [-0.1, -0.05) is 12.1 Å². The fourth-order valence-electron chi connectivity index (χ4n) is 3.43. The minimum Gasteiger partial charge on any atom is -0.497 e. The van der Waals surface area contributed by atoms with Crippen LogP contribution in [0.3, 0.4) is 0 Å². The summed E-state index contributed by atoms with van der Waals surface area (Å²) in [6.07, 6.45) is 1.96. The first kappa shape index (κ1) is 17.7. The summed E-state index contributed by atoms with van der Waals surface area (Å²) in [5, 5.41) is 2.93. The maximum Gasteiger partial charge on any atom is 0.225 e. The van der Waals surface area contributed by atoms with Crippen molar-refractivity contribution in [3.8, 4) is 5.75 Å². The van der Waals surface area contributed by atoms with Crippen molar-refractivity contribution in [3.63, 3.8) is 0 Å². The zero-order chi connectivity index (χ0) is 17.8. The highest BCUT2D eigenvalue weighted by Gasteiger charge is 2.43. The SMILES string of the molecule is COCCNC(=O)[C@@H]1CN(C(=O)C2CC2)C[C@@H]1c1ccc(OC)cc1. The van der Waals surface area contributed by atoms with Crippen molar-refractivity contribution in [1.29, 1.82) is 0 Å². The summed E-state index contributed by atoms with van der Waals surface area (Å²) in [6, 6.07) is 7.79. The Hall–Kier alpha value is -2.08. The Labute approximate surface area is 148 Å². The zero-order valence-corrected chi connectivity index (χ0v) is 14.9. The first-order valence-electron chi connectivity index (χ1n) is 8.83. The molecule has 3 rings (SSSR count). The molecule has 1 aromatic rings. The van der Waals surface area contributed by atoms with Crippen molar-refractivity contribution < 1.29 is 19.1 Å². The number of likely N-dealkylation sites (tertiary alicyclic amines) is 1. The molecule has 1 saturated heterocycles. The second kappa shape index (κ2) is 7.87. The summed E-state index contributed by atoms with van der Waals surface area (Å²) in [4.78, 5) is 27.0. The molecule has 1 heterocycles. The zero-order valence-electron chi connectivity index (χ0n) is 14.9. The van der Waals surface area contributed by atoms with Crippen molar-refractivity contribution in [2.75, 3.05) is 40.5 Å². The molecule has 25 heavy (non-hydrogen) atoms. The van der Waals surface area contributed by atoms with E-state index in [-0.39, 0.29) is 29.6 Å². The molecule has 1 N–H and O–H groups in total. The summed E-state index contributed by atoms with van der Waals surface area (Å²) < 4.78 is 10.2. The van der Waals surface area contributed by atoms with E-state index in [1.807, 2.05) is 29.2 Å². The van der Waals surface area contributed by atoms with Gasteiger partial charge in [-0.05, 0) is 30.5 Å². The topological polar surface area (TPSA) is 67.9 Å². The van der Waals surface area contributed by atoms with Crippen LogP contribution in [0.4, 0.5) is 0 Å². The number of nitrogens with one attached hydrogen (secondary N) is 1. The smallest absolute Gasteiger partial charge is 0.225 e. The van der Waals surface area contributed by atoms with E-state index in [0.29, 0.717) is 26.2 Å². The molecule has 1 saturated carbocycles. The van der Waals surface area contributed by atoms with Crippen LogP contribution < -0.4 is 10.1 Å². The highest BCUT2D eigenvalue weighted by molar-refractivity contribution is 5.85. The first-order valence-corrected chi connectivity index (χ1v) is 8.83. The average Bonchev–Trinajstić information content (AvgIpc) is 3.39. The lowest BCUT2D eigenvalue weighted by Gasteiger charge is -2.18. The van der Waals surface area contributed by atoms with E-state index < -0.39 is 0 Å². The quantitative estimate of drug-likeness (QED) is 0.758. The van der Waals surface area contributed by atoms with Crippen LogP contribution >= 0.6 is 0 Å². The minimum absolute atomic E-state index is 0.0102. The number of amides is 2.